The van der Waals surface area contributed by atoms with Gasteiger partial charge in [0.15, 0.2) is 0 Å². The highest BCUT2D eigenvalue weighted by Gasteiger charge is 2.26. The summed E-state index contributed by atoms with van der Waals surface area (Å²) in [7, 11) is 1.30. The van der Waals surface area contributed by atoms with Gasteiger partial charge in [-0.3, -0.25) is 0 Å². The summed E-state index contributed by atoms with van der Waals surface area (Å²) in [5.74, 6) is -0.610. The average Bonchev–Trinajstić information content (AvgIpc) is 2.92. The van der Waals surface area contributed by atoms with E-state index < -0.39 is 12.1 Å². The second-order valence-corrected chi connectivity index (χ2v) is 7.16. The van der Waals surface area contributed by atoms with E-state index in [9.17, 15) is 14.7 Å². The predicted octanol–water partition coefficient (Wildman–Crippen LogP) is 3.40. The lowest BCUT2D eigenvalue weighted by Crippen LogP contribution is -2.21. The van der Waals surface area contributed by atoms with Crippen molar-refractivity contribution in [2.24, 2.45) is 5.92 Å². The molecule has 0 fully saturated rings. The van der Waals surface area contributed by atoms with E-state index in [1.165, 1.54) is 7.11 Å². The van der Waals surface area contributed by atoms with Gasteiger partial charge in [-0.05, 0) is 38.2 Å². The van der Waals surface area contributed by atoms with Gasteiger partial charge in [0, 0.05) is 12.0 Å². The van der Waals surface area contributed by atoms with Crippen LogP contribution in [0, 0.1) is 5.92 Å². The number of rotatable bonds is 2. The first-order valence-corrected chi connectivity index (χ1v) is 9.06. The van der Waals surface area contributed by atoms with Gasteiger partial charge in [0.05, 0.1) is 18.8 Å². The third kappa shape index (κ3) is 5.18. The number of carbonyl (C=O) groups excluding carboxylic acids is 2. The second kappa shape index (κ2) is 8.99. The zero-order chi connectivity index (χ0) is 19.3. The number of hydrogen-bond acceptors (Lipinski definition) is 5. The van der Waals surface area contributed by atoms with Crippen LogP contribution >= 0.6 is 0 Å². The first kappa shape index (κ1) is 20.2. The SMILES string of the molecule is COC(=O)/C1=C/CCC2=C[C@@H](C/C(C)=C\C=C(\C(C)C)C[C@@H]1O)OC2=O. The maximum atomic E-state index is 12.1. The molecule has 0 unspecified atom stereocenters. The van der Waals surface area contributed by atoms with Gasteiger partial charge in [-0.2, -0.15) is 0 Å². The fraction of sp³-hybridized carbons (Fsp3) is 0.524. The van der Waals surface area contributed by atoms with Crippen LogP contribution in [0.4, 0.5) is 0 Å². The summed E-state index contributed by atoms with van der Waals surface area (Å²) in [6, 6.07) is 0. The van der Waals surface area contributed by atoms with E-state index in [-0.39, 0.29) is 23.6 Å². The summed E-state index contributed by atoms with van der Waals surface area (Å²) < 4.78 is 10.2. The Hall–Kier alpha value is -2.14. The van der Waals surface area contributed by atoms with Crippen molar-refractivity contribution in [2.75, 3.05) is 7.11 Å². The number of hydrogen-bond donors (Lipinski definition) is 1. The summed E-state index contributed by atoms with van der Waals surface area (Å²) in [5.41, 5.74) is 2.99. The Morgan fingerprint density at radius 3 is 2.69 bits per heavy atom. The summed E-state index contributed by atoms with van der Waals surface area (Å²) in [5, 5.41) is 10.6. The molecule has 2 aliphatic rings. The van der Waals surface area contributed by atoms with Gasteiger partial charge >= 0.3 is 11.9 Å². The Kier molecular flexibility index (Phi) is 6.98. The maximum absolute atomic E-state index is 12.1. The highest BCUT2D eigenvalue weighted by Crippen LogP contribution is 2.26. The number of allylic oxidation sites excluding steroid dienone is 3. The van der Waals surface area contributed by atoms with Crippen molar-refractivity contribution < 1.29 is 24.2 Å². The molecular weight excluding hydrogens is 332 g/mol. The lowest BCUT2D eigenvalue weighted by atomic mass is 9.92. The third-order valence-electron chi connectivity index (χ3n) is 4.74. The van der Waals surface area contributed by atoms with Crippen LogP contribution in [0.25, 0.3) is 0 Å². The van der Waals surface area contributed by atoms with Crippen molar-refractivity contribution in [3.05, 3.63) is 46.6 Å². The van der Waals surface area contributed by atoms with E-state index in [0.29, 0.717) is 31.3 Å². The van der Waals surface area contributed by atoms with Crippen LogP contribution in [0.2, 0.25) is 0 Å². The molecule has 26 heavy (non-hydrogen) atoms. The molecule has 1 aliphatic heterocycles. The Bertz CT molecular complexity index is 679. The summed E-state index contributed by atoms with van der Waals surface area (Å²) in [6.45, 7) is 6.11. The van der Waals surface area contributed by atoms with Crippen LogP contribution in [0.15, 0.2) is 46.6 Å². The molecule has 0 aromatic carbocycles. The quantitative estimate of drug-likeness (QED) is 0.764. The van der Waals surface area contributed by atoms with Gasteiger partial charge in [0.1, 0.15) is 6.10 Å². The zero-order valence-electron chi connectivity index (χ0n) is 16.0. The first-order chi connectivity index (χ1) is 12.3. The van der Waals surface area contributed by atoms with Crippen LogP contribution in [0.3, 0.4) is 0 Å². The maximum Gasteiger partial charge on any atom is 0.336 e. The van der Waals surface area contributed by atoms with Crippen molar-refractivity contribution >= 4 is 11.9 Å². The summed E-state index contributed by atoms with van der Waals surface area (Å²) >= 11 is 0. The normalized spacial score (nSPS) is 30.8. The van der Waals surface area contributed by atoms with E-state index in [2.05, 4.69) is 13.8 Å². The Morgan fingerprint density at radius 2 is 2.04 bits per heavy atom. The molecule has 0 aromatic rings. The van der Waals surface area contributed by atoms with E-state index in [1.807, 2.05) is 25.2 Å². The molecule has 0 spiro atoms. The number of fused-ring (bicyclic) bond motifs is 1. The topological polar surface area (TPSA) is 72.8 Å². The van der Waals surface area contributed by atoms with Crippen molar-refractivity contribution in [3.8, 4) is 0 Å². The number of methoxy groups -OCH3 is 1. The molecule has 1 N–H and O–H groups in total. The highest BCUT2D eigenvalue weighted by atomic mass is 16.5. The molecule has 0 saturated carbocycles. The van der Waals surface area contributed by atoms with E-state index in [0.717, 1.165) is 11.1 Å². The smallest absolute Gasteiger partial charge is 0.336 e. The van der Waals surface area contributed by atoms with E-state index in [1.54, 1.807) is 6.08 Å². The van der Waals surface area contributed by atoms with Gasteiger partial charge in [0.2, 0.25) is 0 Å². The van der Waals surface area contributed by atoms with Gasteiger partial charge in [-0.1, -0.05) is 43.2 Å². The third-order valence-corrected chi connectivity index (χ3v) is 4.74. The fourth-order valence-corrected chi connectivity index (χ4v) is 3.15. The van der Waals surface area contributed by atoms with Crippen molar-refractivity contribution in [1.29, 1.82) is 0 Å². The molecular formula is C21H28O5. The monoisotopic (exact) mass is 360 g/mol. The van der Waals surface area contributed by atoms with Gasteiger partial charge in [-0.15, -0.1) is 0 Å². The molecule has 142 valence electrons. The number of esters is 2. The van der Waals surface area contributed by atoms with Gasteiger partial charge in [-0.25, -0.2) is 9.59 Å². The summed E-state index contributed by atoms with van der Waals surface area (Å²) in [4.78, 5) is 24.1. The molecule has 2 bridgehead atoms. The summed E-state index contributed by atoms with van der Waals surface area (Å²) in [6.07, 6.45) is 8.30. The molecule has 0 aromatic heterocycles. The average molecular weight is 360 g/mol. The number of carbonyl (C=O) groups is 2. The molecule has 1 aliphatic carbocycles. The minimum absolute atomic E-state index is 0.233. The van der Waals surface area contributed by atoms with Crippen molar-refractivity contribution in [3.63, 3.8) is 0 Å². The highest BCUT2D eigenvalue weighted by molar-refractivity contribution is 5.91. The second-order valence-electron chi connectivity index (χ2n) is 7.16. The van der Waals surface area contributed by atoms with E-state index >= 15 is 0 Å². The lowest BCUT2D eigenvalue weighted by Gasteiger charge is -2.18. The largest absolute Gasteiger partial charge is 0.466 e. The molecule has 0 amide bonds. The zero-order valence-corrected chi connectivity index (χ0v) is 16.0. The lowest BCUT2D eigenvalue weighted by molar-refractivity contribution is -0.139. The van der Waals surface area contributed by atoms with Crippen LogP contribution in [-0.2, 0) is 19.1 Å². The van der Waals surface area contributed by atoms with Crippen LogP contribution < -0.4 is 0 Å². The predicted molar refractivity (Wildman–Crippen MR) is 99.2 cm³/mol. The Balaban J connectivity index is 2.39. The molecule has 0 saturated heterocycles. The minimum atomic E-state index is -0.940. The van der Waals surface area contributed by atoms with Crippen LogP contribution in [0.5, 0.6) is 0 Å². The Labute approximate surface area is 155 Å². The van der Waals surface area contributed by atoms with Crippen molar-refractivity contribution in [1.82, 2.24) is 0 Å². The molecule has 2 atom stereocenters. The Morgan fingerprint density at radius 1 is 1.31 bits per heavy atom. The number of aliphatic hydroxyl groups is 1. The standard InChI is InChI=1S/C21H28O5/c1-13(2)15-9-8-14(3)10-17-11-16(20(23)26-17)6-5-7-18(19(22)12-15)21(24)25-4/h7-9,11,13,17,19,22H,5-6,10,12H2,1-4H3/b14-8-,15-9+,18-7+/t17-,19+/m1/s1. The molecule has 0 radical (unpaired) electrons. The van der Waals surface area contributed by atoms with Crippen LogP contribution in [-0.4, -0.2) is 36.4 Å². The van der Waals surface area contributed by atoms with Crippen molar-refractivity contribution in [2.45, 2.75) is 58.7 Å². The molecule has 2 rings (SSSR count). The molecule has 5 heteroatoms. The first-order valence-electron chi connectivity index (χ1n) is 9.06. The van der Waals surface area contributed by atoms with Gasteiger partial charge in [0.25, 0.3) is 0 Å². The van der Waals surface area contributed by atoms with Crippen LogP contribution in [0.1, 0.15) is 46.5 Å². The minimum Gasteiger partial charge on any atom is -0.466 e. The molecule has 1 heterocycles. The number of aliphatic hydroxyl groups excluding tert-OH is 1. The number of ether oxygens (including phenoxy) is 2. The fourth-order valence-electron chi connectivity index (χ4n) is 3.15. The van der Waals surface area contributed by atoms with Gasteiger partial charge < -0.3 is 14.6 Å². The molecule has 5 nitrogen and oxygen atoms in total. The van der Waals surface area contributed by atoms with E-state index in [4.69, 9.17) is 9.47 Å².